The maximum Gasteiger partial charge on any atom is 0.260 e. The normalized spacial score (nSPS) is 17.0. The van der Waals surface area contributed by atoms with Crippen LogP contribution in [0.4, 0.5) is 5.69 Å². The van der Waals surface area contributed by atoms with E-state index >= 15 is 0 Å². The van der Waals surface area contributed by atoms with E-state index < -0.39 is 0 Å². The molecule has 1 aliphatic rings. The Morgan fingerprint density at radius 3 is 2.67 bits per heavy atom. The number of nitrogens with one attached hydrogen (secondary N) is 2. The van der Waals surface area contributed by atoms with E-state index in [-0.39, 0.29) is 11.4 Å². The minimum atomic E-state index is -0.242. The van der Waals surface area contributed by atoms with Gasteiger partial charge in [0.2, 0.25) is 0 Å². The van der Waals surface area contributed by atoms with Crippen LogP contribution < -0.4 is 20.1 Å². The zero-order chi connectivity index (χ0) is 21.5. The van der Waals surface area contributed by atoms with Crippen LogP contribution in [0.2, 0.25) is 5.02 Å². The molecule has 1 fully saturated rings. The number of hydrogen-bond donors (Lipinski definition) is 2. The first-order valence-electron chi connectivity index (χ1n) is 9.78. The van der Waals surface area contributed by atoms with Gasteiger partial charge in [-0.1, -0.05) is 55.1 Å². The molecule has 2 N–H and O–H groups in total. The van der Waals surface area contributed by atoms with Gasteiger partial charge in [-0.2, -0.15) is 0 Å². The molecule has 0 unspecified atom stereocenters. The highest BCUT2D eigenvalue weighted by Gasteiger charge is 2.27. The van der Waals surface area contributed by atoms with Crippen LogP contribution in [-0.2, 0) is 11.2 Å². The summed E-state index contributed by atoms with van der Waals surface area (Å²) in [6.45, 7) is 8.45. The van der Waals surface area contributed by atoms with Crippen LogP contribution in [0.1, 0.15) is 25.0 Å². The lowest BCUT2D eigenvalue weighted by molar-refractivity contribution is -0.116. The Bertz CT molecular complexity index is 944. The SMILES string of the molecule is C=CCOc1c(Cl)cc(/C=C2\S[C@H](Nc3ccc(CC)cc3)NC2=O)cc1OCC. The van der Waals surface area contributed by atoms with Crippen LogP contribution in [0, 0.1) is 0 Å². The summed E-state index contributed by atoms with van der Waals surface area (Å²) in [5.74, 6) is 0.871. The number of carbonyl (C=O) groups excluding carboxylic acids is 1. The molecule has 2 aromatic carbocycles. The Balaban J connectivity index is 1.76. The molecular weight excluding hydrogens is 420 g/mol. The van der Waals surface area contributed by atoms with Crippen molar-refractivity contribution < 1.29 is 14.3 Å². The molecule has 0 bridgehead atoms. The first kappa shape index (κ1) is 22.1. The standard InChI is InChI=1S/C23H25ClN2O3S/c1-4-11-29-21-18(24)12-16(13-19(21)28-6-3)14-20-22(27)26-23(30-20)25-17-9-7-15(5-2)8-10-17/h4,7-10,12-14,23,25H,1,5-6,11H2,2-3H3,(H,26,27)/b20-14-/t23-/m1/s1. The molecule has 1 saturated heterocycles. The van der Waals surface area contributed by atoms with E-state index in [0.717, 1.165) is 17.7 Å². The summed E-state index contributed by atoms with van der Waals surface area (Å²) in [5, 5.41) is 6.68. The monoisotopic (exact) mass is 444 g/mol. The first-order chi connectivity index (χ1) is 14.5. The molecular formula is C23H25ClN2O3S. The van der Waals surface area contributed by atoms with E-state index in [4.69, 9.17) is 21.1 Å². The molecule has 3 rings (SSSR count). The van der Waals surface area contributed by atoms with Gasteiger partial charge in [0.25, 0.3) is 5.91 Å². The summed E-state index contributed by atoms with van der Waals surface area (Å²) in [5.41, 5.74) is 2.75. The van der Waals surface area contributed by atoms with Gasteiger partial charge in [0.15, 0.2) is 17.0 Å². The maximum absolute atomic E-state index is 12.4. The fourth-order valence-electron chi connectivity index (χ4n) is 2.92. The van der Waals surface area contributed by atoms with Gasteiger partial charge in [-0.3, -0.25) is 4.79 Å². The first-order valence-corrected chi connectivity index (χ1v) is 11.0. The highest BCUT2D eigenvalue weighted by molar-refractivity contribution is 8.05. The number of hydrogen-bond acceptors (Lipinski definition) is 5. The van der Waals surface area contributed by atoms with E-state index in [2.05, 4.69) is 36.3 Å². The van der Waals surface area contributed by atoms with Gasteiger partial charge >= 0.3 is 0 Å². The molecule has 7 heteroatoms. The molecule has 1 heterocycles. The van der Waals surface area contributed by atoms with Crippen LogP contribution in [-0.4, -0.2) is 24.6 Å². The van der Waals surface area contributed by atoms with E-state index in [1.807, 2.05) is 25.1 Å². The largest absolute Gasteiger partial charge is 0.490 e. The average molecular weight is 445 g/mol. The van der Waals surface area contributed by atoms with Gasteiger partial charge in [-0.05, 0) is 54.8 Å². The molecule has 5 nitrogen and oxygen atoms in total. The second-order valence-corrected chi connectivity index (χ2v) is 8.09. The fourth-order valence-corrected chi connectivity index (χ4v) is 4.18. The van der Waals surface area contributed by atoms with Crippen molar-refractivity contribution in [2.24, 2.45) is 0 Å². The molecule has 30 heavy (non-hydrogen) atoms. The predicted octanol–water partition coefficient (Wildman–Crippen LogP) is 5.47. The summed E-state index contributed by atoms with van der Waals surface area (Å²) in [7, 11) is 0. The molecule has 0 aliphatic carbocycles. The van der Waals surface area contributed by atoms with Crippen LogP contribution in [0.3, 0.4) is 0 Å². The van der Waals surface area contributed by atoms with E-state index in [1.54, 1.807) is 18.2 Å². The number of rotatable bonds is 9. The van der Waals surface area contributed by atoms with Gasteiger partial charge in [-0.25, -0.2) is 0 Å². The van der Waals surface area contributed by atoms with Crippen molar-refractivity contribution in [3.63, 3.8) is 0 Å². The van der Waals surface area contributed by atoms with Crippen LogP contribution in [0.25, 0.3) is 6.08 Å². The molecule has 0 spiro atoms. The number of ether oxygens (including phenoxy) is 2. The van der Waals surface area contributed by atoms with Crippen LogP contribution >= 0.6 is 23.4 Å². The number of aryl methyl sites for hydroxylation is 1. The van der Waals surface area contributed by atoms with Gasteiger partial charge in [0, 0.05) is 5.69 Å². The molecule has 2 aromatic rings. The third-order valence-electron chi connectivity index (χ3n) is 4.37. The minimum absolute atomic E-state index is 0.135. The van der Waals surface area contributed by atoms with Crippen molar-refractivity contribution in [3.8, 4) is 11.5 Å². The lowest BCUT2D eigenvalue weighted by Gasteiger charge is -2.13. The summed E-state index contributed by atoms with van der Waals surface area (Å²) >= 11 is 7.82. The van der Waals surface area contributed by atoms with E-state index in [0.29, 0.717) is 34.6 Å². The fraction of sp³-hybridized carbons (Fsp3) is 0.261. The Morgan fingerprint density at radius 1 is 1.23 bits per heavy atom. The number of amides is 1. The predicted molar refractivity (Wildman–Crippen MR) is 125 cm³/mol. The number of halogens is 1. The van der Waals surface area contributed by atoms with Crippen molar-refractivity contribution in [2.75, 3.05) is 18.5 Å². The van der Waals surface area contributed by atoms with Crippen LogP contribution in [0.5, 0.6) is 11.5 Å². The van der Waals surface area contributed by atoms with E-state index in [9.17, 15) is 4.79 Å². The number of carbonyl (C=O) groups is 1. The Labute approximate surface area is 186 Å². The molecule has 158 valence electrons. The van der Waals surface area contributed by atoms with Crippen molar-refractivity contribution in [3.05, 3.63) is 70.1 Å². The summed E-state index contributed by atoms with van der Waals surface area (Å²) < 4.78 is 11.3. The third-order valence-corrected chi connectivity index (χ3v) is 5.68. The summed E-state index contributed by atoms with van der Waals surface area (Å²) in [6, 6.07) is 11.8. The molecule has 0 aromatic heterocycles. The van der Waals surface area contributed by atoms with Gasteiger partial charge < -0.3 is 20.1 Å². The second-order valence-electron chi connectivity index (χ2n) is 6.54. The topological polar surface area (TPSA) is 59.6 Å². The maximum atomic E-state index is 12.4. The van der Waals surface area contributed by atoms with Crippen molar-refractivity contribution >= 4 is 41.0 Å². The average Bonchev–Trinajstić information content (AvgIpc) is 3.07. The second kappa shape index (κ2) is 10.5. The summed E-state index contributed by atoms with van der Waals surface area (Å²) in [4.78, 5) is 13.0. The van der Waals surface area contributed by atoms with Gasteiger partial charge in [0.1, 0.15) is 6.61 Å². The number of benzene rings is 2. The van der Waals surface area contributed by atoms with Crippen LogP contribution in [0.15, 0.2) is 54.0 Å². The highest BCUT2D eigenvalue weighted by atomic mass is 35.5. The zero-order valence-corrected chi connectivity index (χ0v) is 18.6. The van der Waals surface area contributed by atoms with Gasteiger partial charge in [-0.15, -0.1) is 0 Å². The quantitative estimate of drug-likeness (QED) is 0.397. The number of anilines is 1. The third kappa shape index (κ3) is 5.52. The Morgan fingerprint density at radius 2 is 2.00 bits per heavy atom. The lowest BCUT2D eigenvalue weighted by atomic mass is 10.1. The van der Waals surface area contributed by atoms with Crippen molar-refractivity contribution in [1.29, 1.82) is 0 Å². The molecule has 1 atom stereocenters. The summed E-state index contributed by atoms with van der Waals surface area (Å²) in [6.07, 6.45) is 4.43. The number of thioether (sulfide) groups is 1. The lowest BCUT2D eigenvalue weighted by Crippen LogP contribution is -2.30. The minimum Gasteiger partial charge on any atom is -0.490 e. The molecule has 1 aliphatic heterocycles. The Hall–Kier alpha value is -2.57. The smallest absolute Gasteiger partial charge is 0.260 e. The Kier molecular flexibility index (Phi) is 7.71. The highest BCUT2D eigenvalue weighted by Crippen LogP contribution is 2.38. The van der Waals surface area contributed by atoms with Gasteiger partial charge in [0.05, 0.1) is 16.5 Å². The molecule has 1 amide bonds. The molecule has 0 radical (unpaired) electrons. The zero-order valence-electron chi connectivity index (χ0n) is 17.0. The van der Waals surface area contributed by atoms with E-state index in [1.165, 1.54) is 17.3 Å². The van der Waals surface area contributed by atoms with Crippen molar-refractivity contribution in [2.45, 2.75) is 25.8 Å². The van der Waals surface area contributed by atoms with Crippen molar-refractivity contribution in [1.82, 2.24) is 5.32 Å². The molecule has 0 saturated carbocycles.